The maximum Gasteiger partial charge on any atom is 0.191 e. The second-order valence-electron chi connectivity index (χ2n) is 7.93. The van der Waals surface area contributed by atoms with E-state index in [2.05, 4.69) is 19.2 Å². The Hall–Kier alpha value is -2.57. The van der Waals surface area contributed by atoms with E-state index in [1.54, 1.807) is 19.2 Å². The molecular weight excluding hydrogens is 358 g/mol. The Bertz CT molecular complexity index is 912. The fourth-order valence-electron chi connectivity index (χ4n) is 4.24. The van der Waals surface area contributed by atoms with E-state index in [1.807, 2.05) is 24.3 Å². The fourth-order valence-corrected chi connectivity index (χ4v) is 4.24. The van der Waals surface area contributed by atoms with Crippen molar-refractivity contribution in [2.75, 3.05) is 20.3 Å². The van der Waals surface area contributed by atoms with Crippen molar-refractivity contribution >= 4 is 5.78 Å². The number of aliphatic hydroxyl groups is 2. The fraction of sp³-hybridized carbons (Fsp3) is 0.409. The van der Waals surface area contributed by atoms with Crippen molar-refractivity contribution in [3.05, 3.63) is 64.6 Å². The van der Waals surface area contributed by atoms with E-state index < -0.39 is 11.5 Å². The second-order valence-corrected chi connectivity index (χ2v) is 7.93. The maximum absolute atomic E-state index is 13.3. The number of aliphatic hydroxyl groups excluding tert-OH is 2. The highest BCUT2D eigenvalue weighted by Crippen LogP contribution is 2.48. The third-order valence-corrected chi connectivity index (χ3v) is 5.78. The summed E-state index contributed by atoms with van der Waals surface area (Å²) in [4.78, 5) is 13.3. The average Bonchev–Trinajstić information content (AvgIpc) is 3.10. The second kappa shape index (κ2) is 6.79. The number of hydrogen-bond acceptors (Lipinski definition) is 6. The first-order valence-electron chi connectivity index (χ1n) is 9.43. The van der Waals surface area contributed by atoms with Crippen LogP contribution in [0.4, 0.5) is 0 Å². The molecule has 6 nitrogen and oxygen atoms in total. The number of carbonyl (C=O) groups excluding carboxylic acids is 1. The Morgan fingerprint density at radius 3 is 2.82 bits per heavy atom. The van der Waals surface area contributed by atoms with Gasteiger partial charge in [-0.2, -0.15) is 0 Å². The minimum atomic E-state index is -0.937. The molecule has 0 radical (unpaired) electrons. The molecule has 2 unspecified atom stereocenters. The number of ether oxygens (including phenoxy) is 2. The Kier molecular flexibility index (Phi) is 4.56. The lowest BCUT2D eigenvalue weighted by Crippen LogP contribution is -2.36. The third kappa shape index (κ3) is 2.84. The van der Waals surface area contributed by atoms with Crippen molar-refractivity contribution < 1.29 is 24.5 Å². The molecule has 3 atom stereocenters. The molecule has 1 aliphatic heterocycles. The molecule has 2 aliphatic carbocycles. The van der Waals surface area contributed by atoms with E-state index in [0.717, 1.165) is 22.6 Å². The molecule has 1 heterocycles. The molecule has 3 N–H and O–H groups in total. The molecule has 0 bridgehead atoms. The summed E-state index contributed by atoms with van der Waals surface area (Å²) in [5, 5.41) is 22.0. The molecule has 1 aromatic carbocycles. The van der Waals surface area contributed by atoms with Crippen LogP contribution >= 0.6 is 0 Å². The summed E-state index contributed by atoms with van der Waals surface area (Å²) in [6, 6.07) is 5.39. The standard InChI is InChI=1S/C22H25NO5/c1-22(2)17-8-14(28-11-12(25)10-24)5-6-15(17)20(26)19-16-7-4-13(27-3)9-18(16)23-21(19)22/h4-9,12,16,18,23-25H,10-11H2,1-3H3/t12-,16?,18?/m1/s1. The molecule has 0 fully saturated rings. The number of rotatable bonds is 5. The number of hydrogen-bond donors (Lipinski definition) is 3. The molecule has 28 heavy (non-hydrogen) atoms. The number of Topliss-reactive ketones (excluding diaryl/α,β-unsaturated/α-hetero) is 1. The molecule has 0 aromatic heterocycles. The zero-order chi connectivity index (χ0) is 20.1. The van der Waals surface area contributed by atoms with Crippen LogP contribution in [-0.4, -0.2) is 48.5 Å². The van der Waals surface area contributed by atoms with Crippen LogP contribution in [0.15, 0.2) is 53.5 Å². The van der Waals surface area contributed by atoms with Crippen LogP contribution in [0.2, 0.25) is 0 Å². The summed E-state index contributed by atoms with van der Waals surface area (Å²) in [5.74, 6) is 1.37. The number of methoxy groups -OCH3 is 1. The van der Waals surface area contributed by atoms with Gasteiger partial charge < -0.3 is 25.0 Å². The van der Waals surface area contributed by atoms with Gasteiger partial charge >= 0.3 is 0 Å². The van der Waals surface area contributed by atoms with Crippen LogP contribution in [0.25, 0.3) is 0 Å². The predicted octanol–water partition coefficient (Wildman–Crippen LogP) is 1.83. The van der Waals surface area contributed by atoms with Gasteiger partial charge in [0.15, 0.2) is 5.78 Å². The lowest BCUT2D eigenvalue weighted by molar-refractivity contribution is 0.0535. The number of benzene rings is 1. The van der Waals surface area contributed by atoms with E-state index in [4.69, 9.17) is 14.6 Å². The normalized spacial score (nSPS) is 25.3. The molecule has 3 aliphatic rings. The lowest BCUT2D eigenvalue weighted by Gasteiger charge is -2.34. The summed E-state index contributed by atoms with van der Waals surface area (Å²) in [5.41, 5.74) is 2.91. The van der Waals surface area contributed by atoms with Gasteiger partial charge in [0.1, 0.15) is 24.2 Å². The molecule has 6 heteroatoms. The summed E-state index contributed by atoms with van der Waals surface area (Å²) in [6.45, 7) is 3.82. The highest BCUT2D eigenvalue weighted by molar-refractivity contribution is 6.13. The first-order valence-corrected chi connectivity index (χ1v) is 9.43. The molecule has 0 spiro atoms. The van der Waals surface area contributed by atoms with Gasteiger partial charge in [0.2, 0.25) is 0 Å². The van der Waals surface area contributed by atoms with Gasteiger partial charge in [0.05, 0.1) is 19.8 Å². The van der Waals surface area contributed by atoms with Gasteiger partial charge in [-0.3, -0.25) is 4.79 Å². The Morgan fingerprint density at radius 2 is 2.11 bits per heavy atom. The molecule has 0 amide bonds. The molecule has 0 saturated carbocycles. The smallest absolute Gasteiger partial charge is 0.191 e. The van der Waals surface area contributed by atoms with Crippen LogP contribution in [0.5, 0.6) is 5.75 Å². The van der Waals surface area contributed by atoms with Crippen molar-refractivity contribution in [2.24, 2.45) is 5.92 Å². The maximum atomic E-state index is 13.3. The summed E-state index contributed by atoms with van der Waals surface area (Å²) in [6.07, 6.45) is 5.03. The first-order chi connectivity index (χ1) is 13.4. The van der Waals surface area contributed by atoms with Crippen molar-refractivity contribution in [1.82, 2.24) is 5.32 Å². The van der Waals surface area contributed by atoms with Gasteiger partial charge in [0.25, 0.3) is 0 Å². The van der Waals surface area contributed by atoms with E-state index in [9.17, 15) is 9.90 Å². The van der Waals surface area contributed by atoms with Crippen LogP contribution in [0, 0.1) is 5.92 Å². The number of nitrogens with one attached hydrogen (secondary N) is 1. The quantitative estimate of drug-likeness (QED) is 0.719. The number of carbonyl (C=O) groups is 1. The Morgan fingerprint density at radius 1 is 1.32 bits per heavy atom. The Labute approximate surface area is 164 Å². The van der Waals surface area contributed by atoms with Gasteiger partial charge in [0, 0.05) is 28.2 Å². The summed E-state index contributed by atoms with van der Waals surface area (Å²) in [7, 11) is 1.64. The number of allylic oxidation sites excluding steroid dienone is 2. The van der Waals surface area contributed by atoms with Crippen LogP contribution < -0.4 is 10.1 Å². The van der Waals surface area contributed by atoms with Crippen molar-refractivity contribution in [1.29, 1.82) is 0 Å². The Balaban J connectivity index is 1.70. The average molecular weight is 383 g/mol. The number of fused-ring (bicyclic) bond motifs is 3. The zero-order valence-electron chi connectivity index (χ0n) is 16.2. The monoisotopic (exact) mass is 383 g/mol. The molecule has 148 valence electrons. The largest absolute Gasteiger partial charge is 0.497 e. The third-order valence-electron chi connectivity index (χ3n) is 5.78. The van der Waals surface area contributed by atoms with E-state index in [-0.39, 0.29) is 31.0 Å². The van der Waals surface area contributed by atoms with Crippen molar-refractivity contribution in [3.8, 4) is 5.75 Å². The van der Waals surface area contributed by atoms with Crippen LogP contribution in [0.1, 0.15) is 29.8 Å². The first kappa shape index (κ1) is 18.8. The molecule has 4 rings (SSSR count). The minimum absolute atomic E-state index is 0.00194. The number of ketones is 1. The van der Waals surface area contributed by atoms with Crippen molar-refractivity contribution in [3.63, 3.8) is 0 Å². The summed E-state index contributed by atoms with van der Waals surface area (Å²) < 4.78 is 10.9. The highest BCUT2D eigenvalue weighted by atomic mass is 16.5. The molecule has 1 aromatic rings. The minimum Gasteiger partial charge on any atom is -0.497 e. The van der Waals surface area contributed by atoms with Gasteiger partial charge in [-0.05, 0) is 35.9 Å². The van der Waals surface area contributed by atoms with Gasteiger partial charge in [-0.15, -0.1) is 0 Å². The van der Waals surface area contributed by atoms with Crippen LogP contribution in [-0.2, 0) is 10.2 Å². The predicted molar refractivity (Wildman–Crippen MR) is 104 cm³/mol. The zero-order valence-corrected chi connectivity index (χ0v) is 16.2. The van der Waals surface area contributed by atoms with Crippen LogP contribution in [0.3, 0.4) is 0 Å². The van der Waals surface area contributed by atoms with Gasteiger partial charge in [-0.1, -0.05) is 19.9 Å². The highest BCUT2D eigenvalue weighted by Gasteiger charge is 2.47. The lowest BCUT2D eigenvalue weighted by atomic mass is 9.70. The van der Waals surface area contributed by atoms with Gasteiger partial charge in [-0.25, -0.2) is 0 Å². The molecule has 0 saturated heterocycles. The SMILES string of the molecule is COC1=CC2NC3=C(C(=O)c4ccc(OC[C@H](O)CO)cc4C3(C)C)C2C=C1. The van der Waals surface area contributed by atoms with E-state index >= 15 is 0 Å². The summed E-state index contributed by atoms with van der Waals surface area (Å²) >= 11 is 0. The van der Waals surface area contributed by atoms with E-state index in [1.165, 1.54) is 0 Å². The molecular formula is C22H25NO5. The van der Waals surface area contributed by atoms with E-state index in [0.29, 0.717) is 11.3 Å². The topological polar surface area (TPSA) is 88.0 Å². The van der Waals surface area contributed by atoms with Crippen molar-refractivity contribution in [2.45, 2.75) is 31.4 Å².